The number of hydrogen-bond acceptors (Lipinski definition) is 6. The van der Waals surface area contributed by atoms with Crippen LogP contribution >= 0.6 is 0 Å². The van der Waals surface area contributed by atoms with Crippen molar-refractivity contribution in [1.82, 2.24) is 10.6 Å². The molecule has 2 saturated heterocycles. The molecule has 2 N–H and O–H groups in total. The van der Waals surface area contributed by atoms with Gasteiger partial charge in [0, 0.05) is 11.1 Å². The molecule has 2 aliphatic rings. The molecule has 8 nitrogen and oxygen atoms in total. The van der Waals surface area contributed by atoms with Crippen molar-refractivity contribution in [2.75, 3.05) is 0 Å². The van der Waals surface area contributed by atoms with E-state index in [0.29, 0.717) is 36.2 Å². The Morgan fingerprint density at radius 2 is 0.826 bits per heavy atom. The van der Waals surface area contributed by atoms with Crippen molar-refractivity contribution in [3.8, 4) is 23.0 Å². The van der Waals surface area contributed by atoms with Crippen LogP contribution in [0.2, 0.25) is 0 Å². The summed E-state index contributed by atoms with van der Waals surface area (Å²) in [5, 5.41) is 5.92. The van der Waals surface area contributed by atoms with Crippen molar-refractivity contribution in [2.45, 2.75) is 37.5 Å². The maximum atomic E-state index is 12.4. The van der Waals surface area contributed by atoms with Gasteiger partial charge in [0.25, 0.3) is 11.8 Å². The van der Waals surface area contributed by atoms with Crippen molar-refractivity contribution in [3.63, 3.8) is 0 Å². The average Bonchev–Trinajstić information content (AvgIpc) is 3.10. The largest absolute Gasteiger partial charge is 0.489 e. The van der Waals surface area contributed by atoms with Crippen LogP contribution in [0.3, 0.4) is 0 Å². The van der Waals surface area contributed by atoms with Gasteiger partial charge in [-0.15, -0.1) is 0 Å². The lowest BCUT2D eigenvalue weighted by Gasteiger charge is -2.37. The van der Waals surface area contributed by atoms with Crippen LogP contribution in [0.5, 0.6) is 23.0 Å². The Balaban J connectivity index is 1.03. The molecule has 8 heteroatoms. The van der Waals surface area contributed by atoms with Crippen LogP contribution < -0.4 is 29.6 Å². The number of ether oxygens (including phenoxy) is 4. The van der Waals surface area contributed by atoms with Crippen molar-refractivity contribution >= 4 is 11.8 Å². The molecule has 2 aliphatic heterocycles. The first kappa shape index (κ1) is 29.0. The fraction of sp³-hybridized carbons (Fsp3) is 0.158. The fourth-order valence-corrected chi connectivity index (χ4v) is 5.64. The molecule has 0 radical (unpaired) electrons. The molecule has 0 saturated carbocycles. The van der Waals surface area contributed by atoms with E-state index in [4.69, 9.17) is 18.9 Å². The molecular weight excluding hydrogens is 580 g/mol. The maximum absolute atomic E-state index is 12.4. The highest BCUT2D eigenvalue weighted by atomic mass is 16.5. The van der Waals surface area contributed by atoms with Crippen molar-refractivity contribution in [3.05, 3.63) is 156 Å². The summed E-state index contributed by atoms with van der Waals surface area (Å²) in [7, 11) is 0. The van der Waals surface area contributed by atoms with Crippen molar-refractivity contribution in [1.29, 1.82) is 0 Å². The van der Waals surface area contributed by atoms with Crippen LogP contribution in [-0.4, -0.2) is 24.0 Å². The third-order valence-corrected chi connectivity index (χ3v) is 8.12. The van der Waals surface area contributed by atoms with Crippen LogP contribution in [-0.2, 0) is 22.8 Å². The average molecular weight is 613 g/mol. The number of β-lactam (4-membered cyclic amide) rings is 2. The highest BCUT2D eigenvalue weighted by Gasteiger charge is 2.44. The van der Waals surface area contributed by atoms with E-state index < -0.39 is 12.2 Å². The number of rotatable bonds is 12. The first-order valence-corrected chi connectivity index (χ1v) is 15.2. The predicted octanol–water partition coefficient (Wildman–Crippen LogP) is 6.08. The Kier molecular flexibility index (Phi) is 8.24. The first-order chi connectivity index (χ1) is 22.6. The maximum Gasteiger partial charge on any atom is 0.264 e. The zero-order valence-electron chi connectivity index (χ0n) is 24.9. The van der Waals surface area contributed by atoms with E-state index in [9.17, 15) is 9.59 Å². The van der Waals surface area contributed by atoms with Crippen molar-refractivity contribution in [2.24, 2.45) is 0 Å². The minimum Gasteiger partial charge on any atom is -0.489 e. The molecule has 2 fully saturated rings. The Morgan fingerprint density at radius 1 is 0.457 bits per heavy atom. The second-order valence-corrected chi connectivity index (χ2v) is 11.1. The monoisotopic (exact) mass is 612 g/mol. The summed E-state index contributed by atoms with van der Waals surface area (Å²) in [6.45, 7) is 0.601. The lowest BCUT2D eigenvalue weighted by atomic mass is 9.93. The molecule has 0 spiro atoms. The SMILES string of the molecule is O=C1N[C@@H](c2ccccc2OCc2ccccc2COc2ccccc2[C@@H]2NC(=O)[C@@H]2Oc2ccccc2)[C@H]1Oc1ccccc1. The van der Waals surface area contributed by atoms with Gasteiger partial charge in [-0.3, -0.25) is 9.59 Å². The van der Waals surface area contributed by atoms with Crippen LogP contribution in [0.1, 0.15) is 34.3 Å². The van der Waals surface area contributed by atoms with Gasteiger partial charge in [-0.25, -0.2) is 0 Å². The zero-order valence-corrected chi connectivity index (χ0v) is 24.9. The topological polar surface area (TPSA) is 95.1 Å². The number of amides is 2. The summed E-state index contributed by atoms with van der Waals surface area (Å²) in [6, 6.07) is 41.3. The molecule has 0 unspecified atom stereocenters. The number of para-hydroxylation sites is 4. The molecule has 0 bridgehead atoms. The van der Waals surface area contributed by atoms with Gasteiger partial charge in [0.15, 0.2) is 0 Å². The molecule has 7 rings (SSSR count). The van der Waals surface area contributed by atoms with Gasteiger partial charge in [-0.05, 0) is 47.5 Å². The molecule has 46 heavy (non-hydrogen) atoms. The summed E-state index contributed by atoms with van der Waals surface area (Å²) in [5.41, 5.74) is 3.62. The van der Waals surface area contributed by atoms with E-state index in [1.807, 2.05) is 133 Å². The van der Waals surface area contributed by atoms with E-state index in [-0.39, 0.29) is 23.9 Å². The molecule has 2 amide bonds. The van der Waals surface area contributed by atoms with Crippen molar-refractivity contribution < 1.29 is 28.5 Å². The second-order valence-electron chi connectivity index (χ2n) is 11.1. The third-order valence-electron chi connectivity index (χ3n) is 8.12. The van der Waals surface area contributed by atoms with E-state index >= 15 is 0 Å². The summed E-state index contributed by atoms with van der Waals surface area (Å²) in [5.74, 6) is 2.29. The van der Waals surface area contributed by atoms with Gasteiger partial charge in [-0.2, -0.15) is 0 Å². The third kappa shape index (κ3) is 6.10. The molecular formula is C38H32N2O6. The Labute approximate surface area is 266 Å². The van der Waals surface area contributed by atoms with Gasteiger partial charge >= 0.3 is 0 Å². The molecule has 5 aromatic carbocycles. The molecule has 5 aromatic rings. The fourth-order valence-electron chi connectivity index (χ4n) is 5.64. The molecule has 230 valence electrons. The molecule has 0 aliphatic carbocycles. The Hall–Kier alpha value is -5.76. The Morgan fingerprint density at radius 3 is 1.24 bits per heavy atom. The van der Waals surface area contributed by atoms with Gasteiger partial charge in [0.1, 0.15) is 48.3 Å². The van der Waals surface area contributed by atoms with Gasteiger partial charge in [0.2, 0.25) is 12.2 Å². The highest BCUT2D eigenvalue weighted by molar-refractivity contribution is 5.90. The normalized spacial score (nSPS) is 19.9. The summed E-state index contributed by atoms with van der Waals surface area (Å²) < 4.78 is 24.7. The van der Waals surface area contributed by atoms with Crippen LogP contribution in [0.15, 0.2) is 133 Å². The lowest BCUT2D eigenvalue weighted by Crippen LogP contribution is -2.58. The number of carbonyl (C=O) groups is 2. The standard InChI is InChI=1S/C38H32N2O6/c41-37-35(45-27-15-3-1-4-16-27)33(39-37)29-19-9-11-21-31(29)43-23-25-13-7-8-14-26(25)24-44-32-22-12-10-20-30(32)34-36(38(42)40-34)46-28-17-5-2-6-18-28/h1-22,33-36H,23-24H2,(H,39,41)(H,40,42)/t33-,34-,35+,36+/m0/s1. The summed E-state index contributed by atoms with van der Waals surface area (Å²) in [6.07, 6.45) is -1.29. The summed E-state index contributed by atoms with van der Waals surface area (Å²) in [4.78, 5) is 24.9. The van der Waals surface area contributed by atoms with E-state index in [0.717, 1.165) is 22.3 Å². The van der Waals surface area contributed by atoms with Gasteiger partial charge in [-0.1, -0.05) is 97.1 Å². The van der Waals surface area contributed by atoms with E-state index in [2.05, 4.69) is 10.6 Å². The van der Waals surface area contributed by atoms with Crippen LogP contribution in [0.4, 0.5) is 0 Å². The second kappa shape index (κ2) is 13.1. The van der Waals surface area contributed by atoms with Gasteiger partial charge < -0.3 is 29.6 Å². The first-order valence-electron chi connectivity index (χ1n) is 15.2. The highest BCUT2D eigenvalue weighted by Crippen LogP contribution is 2.36. The predicted molar refractivity (Wildman–Crippen MR) is 171 cm³/mol. The quantitative estimate of drug-likeness (QED) is 0.166. The van der Waals surface area contributed by atoms with Crippen LogP contribution in [0, 0.1) is 0 Å². The van der Waals surface area contributed by atoms with Gasteiger partial charge in [0.05, 0.1) is 0 Å². The smallest absolute Gasteiger partial charge is 0.264 e. The minimum atomic E-state index is -0.647. The lowest BCUT2D eigenvalue weighted by molar-refractivity contribution is -0.141. The van der Waals surface area contributed by atoms with Crippen LogP contribution in [0.25, 0.3) is 0 Å². The molecule has 0 aromatic heterocycles. The van der Waals surface area contributed by atoms with E-state index in [1.54, 1.807) is 0 Å². The van der Waals surface area contributed by atoms with E-state index in [1.165, 1.54) is 0 Å². The number of carbonyl (C=O) groups excluding carboxylic acids is 2. The minimum absolute atomic E-state index is 0.161. The zero-order chi connectivity index (χ0) is 31.3. The number of nitrogens with one attached hydrogen (secondary N) is 2. The summed E-state index contributed by atoms with van der Waals surface area (Å²) >= 11 is 0. The number of benzene rings is 5. The Bertz CT molecular complexity index is 1700. The molecule has 4 atom stereocenters. The molecule has 2 heterocycles. The number of hydrogen-bond donors (Lipinski definition) is 2.